The van der Waals surface area contributed by atoms with Crippen molar-refractivity contribution in [2.45, 2.75) is 4.90 Å². The van der Waals surface area contributed by atoms with Crippen molar-refractivity contribution in [2.24, 2.45) is 0 Å². The van der Waals surface area contributed by atoms with E-state index in [0.29, 0.717) is 5.88 Å². The SMILES string of the molecule is COc1ccc(NS(=O)(=O)c2c(F)cccc2Cl)c(Br)n1. The van der Waals surface area contributed by atoms with Crippen LogP contribution in [0.4, 0.5) is 10.1 Å². The molecule has 0 saturated carbocycles. The summed E-state index contributed by atoms with van der Waals surface area (Å²) in [6.07, 6.45) is 0. The summed E-state index contributed by atoms with van der Waals surface area (Å²) >= 11 is 8.87. The third kappa shape index (κ3) is 3.45. The number of aromatic nitrogens is 1. The smallest absolute Gasteiger partial charge is 0.266 e. The number of nitrogens with zero attached hydrogens (tertiary/aromatic N) is 1. The molecular weight excluding hydrogens is 387 g/mol. The summed E-state index contributed by atoms with van der Waals surface area (Å²) < 4.78 is 45.5. The van der Waals surface area contributed by atoms with Gasteiger partial charge >= 0.3 is 0 Å². The van der Waals surface area contributed by atoms with Gasteiger partial charge in [-0.15, -0.1) is 0 Å². The maximum absolute atomic E-state index is 13.7. The van der Waals surface area contributed by atoms with Gasteiger partial charge in [0.15, 0.2) is 0 Å². The predicted molar refractivity (Wildman–Crippen MR) is 80.7 cm³/mol. The Balaban J connectivity index is 2.43. The number of ether oxygens (including phenoxy) is 1. The van der Waals surface area contributed by atoms with Crippen molar-refractivity contribution >= 4 is 43.2 Å². The summed E-state index contributed by atoms with van der Waals surface area (Å²) in [5, 5.41) is -0.208. The molecule has 0 aliphatic heterocycles. The molecule has 1 aromatic carbocycles. The number of anilines is 1. The maximum atomic E-state index is 13.7. The summed E-state index contributed by atoms with van der Waals surface area (Å²) in [5.74, 6) is -0.638. The Labute approximate surface area is 134 Å². The molecule has 21 heavy (non-hydrogen) atoms. The number of benzene rings is 1. The van der Waals surface area contributed by atoms with Gasteiger partial charge < -0.3 is 4.74 Å². The number of halogens is 3. The third-order valence-corrected chi connectivity index (χ3v) is 4.94. The lowest BCUT2D eigenvalue weighted by molar-refractivity contribution is 0.397. The van der Waals surface area contributed by atoms with Crippen LogP contribution < -0.4 is 9.46 Å². The number of pyridine rings is 1. The van der Waals surface area contributed by atoms with Gasteiger partial charge in [-0.05, 0) is 34.1 Å². The topological polar surface area (TPSA) is 68.3 Å². The van der Waals surface area contributed by atoms with E-state index in [-0.39, 0.29) is 15.3 Å². The van der Waals surface area contributed by atoms with Crippen LogP contribution in [0.3, 0.4) is 0 Å². The highest BCUT2D eigenvalue weighted by atomic mass is 79.9. The zero-order chi connectivity index (χ0) is 15.6. The Hall–Kier alpha value is -1.38. The van der Waals surface area contributed by atoms with Crippen LogP contribution >= 0.6 is 27.5 Å². The molecule has 0 aliphatic carbocycles. The fourth-order valence-electron chi connectivity index (χ4n) is 1.54. The van der Waals surface area contributed by atoms with Crippen LogP contribution in [0.1, 0.15) is 0 Å². The quantitative estimate of drug-likeness (QED) is 0.805. The summed E-state index contributed by atoms with van der Waals surface area (Å²) in [4.78, 5) is 3.34. The van der Waals surface area contributed by atoms with Crippen LogP contribution in [0, 0.1) is 5.82 Å². The Kier molecular flexibility index (Phi) is 4.70. The molecule has 1 aromatic heterocycles. The van der Waals surface area contributed by atoms with Crippen molar-refractivity contribution in [3.05, 3.63) is 45.8 Å². The van der Waals surface area contributed by atoms with Crippen molar-refractivity contribution in [1.82, 2.24) is 4.98 Å². The molecule has 2 aromatic rings. The standard InChI is InChI=1S/C12H9BrClFN2O3S/c1-20-10-6-5-9(12(13)16-10)17-21(18,19)11-7(14)3-2-4-8(11)15/h2-6,17H,1H3. The first-order valence-electron chi connectivity index (χ1n) is 5.52. The van der Waals surface area contributed by atoms with E-state index >= 15 is 0 Å². The Morgan fingerprint density at radius 1 is 1.33 bits per heavy atom. The van der Waals surface area contributed by atoms with Crippen molar-refractivity contribution in [1.29, 1.82) is 0 Å². The second-order valence-corrected chi connectivity index (χ2v) is 6.63. The number of sulfonamides is 1. The average molecular weight is 396 g/mol. The van der Waals surface area contributed by atoms with Gasteiger partial charge in [-0.2, -0.15) is 0 Å². The van der Waals surface area contributed by atoms with E-state index in [0.717, 1.165) is 6.07 Å². The largest absolute Gasteiger partial charge is 0.481 e. The zero-order valence-corrected chi connectivity index (χ0v) is 13.8. The summed E-state index contributed by atoms with van der Waals surface area (Å²) in [6, 6.07) is 6.53. The molecule has 1 heterocycles. The Morgan fingerprint density at radius 3 is 2.62 bits per heavy atom. The Morgan fingerprint density at radius 2 is 2.05 bits per heavy atom. The van der Waals surface area contributed by atoms with Gasteiger partial charge in [0, 0.05) is 6.07 Å². The monoisotopic (exact) mass is 394 g/mol. The van der Waals surface area contributed by atoms with Crippen LogP contribution in [0.5, 0.6) is 5.88 Å². The normalized spacial score (nSPS) is 11.2. The molecule has 0 unspecified atom stereocenters. The minimum atomic E-state index is -4.18. The van der Waals surface area contributed by atoms with E-state index in [2.05, 4.69) is 25.6 Å². The van der Waals surface area contributed by atoms with E-state index in [1.165, 1.54) is 31.4 Å². The predicted octanol–water partition coefficient (Wildman–Crippen LogP) is 3.45. The number of hydrogen-bond acceptors (Lipinski definition) is 4. The Bertz CT molecular complexity index is 766. The van der Waals surface area contributed by atoms with Crippen molar-refractivity contribution in [3.8, 4) is 5.88 Å². The van der Waals surface area contributed by atoms with Crippen molar-refractivity contribution in [3.63, 3.8) is 0 Å². The molecule has 0 atom stereocenters. The van der Waals surface area contributed by atoms with Gasteiger partial charge in [0.25, 0.3) is 10.0 Å². The molecule has 0 radical (unpaired) electrons. The number of rotatable bonds is 4. The lowest BCUT2D eigenvalue weighted by Crippen LogP contribution is -2.15. The molecule has 2 rings (SSSR count). The third-order valence-electron chi connectivity index (χ3n) is 2.46. The highest BCUT2D eigenvalue weighted by Gasteiger charge is 2.23. The first-order valence-corrected chi connectivity index (χ1v) is 8.18. The van der Waals surface area contributed by atoms with E-state index in [1.54, 1.807) is 0 Å². The molecule has 0 bridgehead atoms. The maximum Gasteiger partial charge on any atom is 0.266 e. The van der Waals surface area contributed by atoms with Crippen LogP contribution in [0.25, 0.3) is 0 Å². The summed E-state index contributed by atoms with van der Waals surface area (Å²) in [7, 11) is -2.76. The number of hydrogen-bond donors (Lipinski definition) is 1. The summed E-state index contributed by atoms with van der Waals surface area (Å²) in [6.45, 7) is 0. The fraction of sp³-hybridized carbons (Fsp3) is 0.0833. The highest BCUT2D eigenvalue weighted by Crippen LogP contribution is 2.29. The minimum absolute atomic E-state index is 0.134. The number of nitrogens with one attached hydrogen (secondary N) is 1. The second kappa shape index (κ2) is 6.17. The van der Waals surface area contributed by atoms with Crippen molar-refractivity contribution in [2.75, 3.05) is 11.8 Å². The average Bonchev–Trinajstić information content (AvgIpc) is 2.40. The highest BCUT2D eigenvalue weighted by molar-refractivity contribution is 9.10. The first kappa shape index (κ1) is 16.0. The fourth-order valence-corrected chi connectivity index (χ4v) is 3.75. The molecule has 0 spiro atoms. The minimum Gasteiger partial charge on any atom is -0.481 e. The van der Waals surface area contributed by atoms with Crippen LogP contribution in [-0.2, 0) is 10.0 Å². The molecule has 9 heteroatoms. The van der Waals surface area contributed by atoms with Gasteiger partial charge in [-0.1, -0.05) is 17.7 Å². The van der Waals surface area contributed by atoms with Crippen LogP contribution in [-0.4, -0.2) is 20.5 Å². The van der Waals surface area contributed by atoms with E-state index in [9.17, 15) is 12.8 Å². The molecule has 1 N–H and O–H groups in total. The molecule has 0 amide bonds. The molecular formula is C12H9BrClFN2O3S. The zero-order valence-electron chi connectivity index (χ0n) is 10.6. The van der Waals surface area contributed by atoms with Gasteiger partial charge in [0.1, 0.15) is 15.3 Å². The van der Waals surface area contributed by atoms with Crippen LogP contribution in [0.15, 0.2) is 39.8 Å². The molecule has 0 saturated heterocycles. The first-order chi connectivity index (χ1) is 9.85. The van der Waals surface area contributed by atoms with E-state index in [4.69, 9.17) is 16.3 Å². The number of methoxy groups -OCH3 is 1. The van der Waals surface area contributed by atoms with Gasteiger partial charge in [0.05, 0.1) is 17.8 Å². The van der Waals surface area contributed by atoms with E-state index < -0.39 is 20.7 Å². The lowest BCUT2D eigenvalue weighted by atomic mass is 10.3. The second-order valence-electron chi connectivity index (χ2n) is 3.85. The van der Waals surface area contributed by atoms with Crippen LogP contribution in [0.2, 0.25) is 5.02 Å². The van der Waals surface area contributed by atoms with Crippen molar-refractivity contribution < 1.29 is 17.5 Å². The summed E-state index contributed by atoms with van der Waals surface area (Å²) in [5.41, 5.74) is 0.134. The molecule has 0 fully saturated rings. The lowest BCUT2D eigenvalue weighted by Gasteiger charge is -2.11. The van der Waals surface area contributed by atoms with E-state index in [1.807, 2.05) is 0 Å². The molecule has 0 aliphatic rings. The van der Waals surface area contributed by atoms with Gasteiger partial charge in [-0.25, -0.2) is 17.8 Å². The van der Waals surface area contributed by atoms with Gasteiger partial charge in [0.2, 0.25) is 5.88 Å². The van der Waals surface area contributed by atoms with Gasteiger partial charge in [-0.3, -0.25) is 4.72 Å². The molecule has 112 valence electrons. The molecule has 5 nitrogen and oxygen atoms in total.